The zero-order chi connectivity index (χ0) is 17.7. The van der Waals surface area contributed by atoms with E-state index in [1.54, 1.807) is 30.3 Å². The summed E-state index contributed by atoms with van der Waals surface area (Å²) in [6.45, 7) is 2.39. The van der Waals surface area contributed by atoms with Crippen LogP contribution in [0.5, 0.6) is 0 Å². The van der Waals surface area contributed by atoms with E-state index in [0.29, 0.717) is 12.1 Å². The Morgan fingerprint density at radius 1 is 1.25 bits per heavy atom. The fourth-order valence-electron chi connectivity index (χ4n) is 2.36. The summed E-state index contributed by atoms with van der Waals surface area (Å²) >= 11 is 0. The molecule has 0 radical (unpaired) electrons. The van der Waals surface area contributed by atoms with Crippen LogP contribution in [0.25, 0.3) is 11.3 Å². The van der Waals surface area contributed by atoms with Crippen molar-refractivity contribution in [3.63, 3.8) is 0 Å². The van der Waals surface area contributed by atoms with Gasteiger partial charge in [0.25, 0.3) is 11.7 Å². The lowest BCUT2D eigenvalue weighted by molar-refractivity contribution is -0.348. The van der Waals surface area contributed by atoms with Gasteiger partial charge in [0, 0.05) is 5.56 Å². The number of pyridine rings is 1. The van der Waals surface area contributed by atoms with Crippen LogP contribution in [-0.4, -0.2) is 12.5 Å². The van der Waals surface area contributed by atoms with Gasteiger partial charge in [-0.1, -0.05) is 43.7 Å². The molecule has 0 bridgehead atoms. The first-order chi connectivity index (χ1) is 11.3. The average Bonchev–Trinajstić information content (AvgIpc) is 2.54. The lowest BCUT2D eigenvalue weighted by Gasteiger charge is -2.13. The van der Waals surface area contributed by atoms with Gasteiger partial charge in [0.1, 0.15) is 11.3 Å². The highest BCUT2D eigenvalue weighted by Crippen LogP contribution is 2.35. The Morgan fingerprint density at radius 2 is 1.92 bits per heavy atom. The number of nitrogens with two attached hydrogens (primary N) is 1. The molecule has 0 aliphatic rings. The van der Waals surface area contributed by atoms with Crippen LogP contribution in [0, 0.1) is 0 Å². The Bertz CT molecular complexity index is 715. The van der Waals surface area contributed by atoms with E-state index in [0.717, 1.165) is 18.9 Å². The molecule has 4 N–H and O–H groups in total. The second-order valence-electron chi connectivity index (χ2n) is 5.36. The number of halogens is 3. The van der Waals surface area contributed by atoms with E-state index in [2.05, 4.69) is 10.3 Å². The van der Waals surface area contributed by atoms with Crippen molar-refractivity contribution < 1.29 is 22.9 Å². The number of nitrogens with one attached hydrogen (secondary N) is 2. The molecule has 0 unspecified atom stereocenters. The Morgan fingerprint density at radius 3 is 2.46 bits per heavy atom. The molecular formula is C17H19F3N3O+. The molecule has 1 aromatic heterocycles. The van der Waals surface area contributed by atoms with Crippen LogP contribution in [-0.2, 0) is 6.18 Å². The molecule has 0 aliphatic carbocycles. The quantitative estimate of drug-likeness (QED) is 0.792. The number of H-pyrrole nitrogens is 1. The molecule has 2 rings (SSSR count). The molecule has 0 aliphatic heterocycles. The number of benzene rings is 1. The van der Waals surface area contributed by atoms with Crippen molar-refractivity contribution in [2.75, 3.05) is 11.9 Å². The zero-order valence-corrected chi connectivity index (χ0v) is 13.2. The predicted molar refractivity (Wildman–Crippen MR) is 85.4 cm³/mol. The van der Waals surface area contributed by atoms with Gasteiger partial charge in [-0.15, -0.1) is 0 Å². The Labute approximate surface area is 137 Å². The molecule has 0 fully saturated rings. The topological polar surface area (TPSA) is 69.3 Å². The van der Waals surface area contributed by atoms with Gasteiger partial charge in [-0.25, -0.2) is 4.98 Å². The molecule has 2 aromatic rings. The predicted octanol–water partition coefficient (Wildman–Crippen LogP) is 3.50. The van der Waals surface area contributed by atoms with Crippen molar-refractivity contribution in [2.45, 2.75) is 25.9 Å². The van der Waals surface area contributed by atoms with Gasteiger partial charge in [-0.05, 0) is 12.5 Å². The fraction of sp³-hybridized carbons (Fsp3) is 0.294. The third-order valence-electron chi connectivity index (χ3n) is 3.54. The largest absolute Gasteiger partial charge is 0.417 e. The van der Waals surface area contributed by atoms with Gasteiger partial charge in [-0.2, -0.15) is 13.2 Å². The summed E-state index contributed by atoms with van der Waals surface area (Å²) in [5.41, 5.74) is 4.42. The number of anilines is 1. The summed E-state index contributed by atoms with van der Waals surface area (Å²) in [5, 5.41) is 2.86. The first-order valence-electron chi connectivity index (χ1n) is 7.61. The number of amides is 1. The van der Waals surface area contributed by atoms with E-state index in [1.165, 1.54) is 0 Å². The van der Waals surface area contributed by atoms with Crippen LogP contribution in [0.15, 0.2) is 36.4 Å². The molecule has 1 amide bonds. The summed E-state index contributed by atoms with van der Waals surface area (Å²) in [5.74, 6) is -1.14. The highest BCUT2D eigenvalue weighted by molar-refractivity contribution is 5.99. The summed E-state index contributed by atoms with van der Waals surface area (Å²) in [6.07, 6.45) is -3.07. The minimum Gasteiger partial charge on any atom is -0.365 e. The standard InChI is InChI=1S/C17H18F3N3O/c1-2-3-9-22-16-14(15(21)24)12(17(18,19)20)10-13(23-16)11-7-5-4-6-8-11/h4-8,10H,2-3,9H2,1H3,(H2,21,24)(H,22,23)/p+1. The van der Waals surface area contributed by atoms with Gasteiger partial charge in [0.15, 0.2) is 0 Å². The van der Waals surface area contributed by atoms with Crippen molar-refractivity contribution in [2.24, 2.45) is 5.73 Å². The van der Waals surface area contributed by atoms with Crippen LogP contribution < -0.4 is 16.0 Å². The van der Waals surface area contributed by atoms with Crippen LogP contribution >= 0.6 is 0 Å². The first kappa shape index (κ1) is 17.8. The van der Waals surface area contributed by atoms with Gasteiger partial charge >= 0.3 is 6.18 Å². The molecule has 4 nitrogen and oxygen atoms in total. The van der Waals surface area contributed by atoms with Crippen molar-refractivity contribution in [1.82, 2.24) is 0 Å². The monoisotopic (exact) mass is 338 g/mol. The highest BCUT2D eigenvalue weighted by atomic mass is 19.4. The highest BCUT2D eigenvalue weighted by Gasteiger charge is 2.39. The third-order valence-corrected chi connectivity index (χ3v) is 3.54. The lowest BCUT2D eigenvalue weighted by Crippen LogP contribution is -2.28. The number of rotatable bonds is 6. The number of aromatic amines is 1. The second-order valence-corrected chi connectivity index (χ2v) is 5.36. The molecule has 1 aromatic carbocycles. The lowest BCUT2D eigenvalue weighted by atomic mass is 10.0. The van der Waals surface area contributed by atoms with Crippen molar-refractivity contribution in [1.29, 1.82) is 0 Å². The summed E-state index contributed by atoms with van der Waals surface area (Å²) in [6, 6.07) is 9.51. The van der Waals surface area contributed by atoms with Crippen molar-refractivity contribution >= 4 is 11.7 Å². The Kier molecular flexibility index (Phi) is 5.43. The van der Waals surface area contributed by atoms with Gasteiger partial charge in [0.05, 0.1) is 12.1 Å². The van der Waals surface area contributed by atoms with Crippen LogP contribution in [0.2, 0.25) is 0 Å². The summed E-state index contributed by atoms with van der Waals surface area (Å²) < 4.78 is 40.3. The van der Waals surface area contributed by atoms with Gasteiger partial charge in [-0.3, -0.25) is 10.1 Å². The molecule has 7 heteroatoms. The zero-order valence-electron chi connectivity index (χ0n) is 13.2. The number of unbranched alkanes of at least 4 members (excludes halogenated alkanes) is 1. The van der Waals surface area contributed by atoms with Crippen LogP contribution in [0.4, 0.5) is 19.0 Å². The van der Waals surface area contributed by atoms with E-state index in [9.17, 15) is 18.0 Å². The fourth-order valence-corrected chi connectivity index (χ4v) is 2.36. The van der Waals surface area contributed by atoms with Crippen LogP contribution in [0.1, 0.15) is 35.7 Å². The van der Waals surface area contributed by atoms with E-state index in [1.807, 2.05) is 6.92 Å². The molecule has 0 spiro atoms. The molecule has 1 heterocycles. The normalized spacial score (nSPS) is 11.3. The van der Waals surface area contributed by atoms with Crippen molar-refractivity contribution in [3.8, 4) is 11.3 Å². The average molecular weight is 338 g/mol. The van der Waals surface area contributed by atoms with E-state index < -0.39 is 23.2 Å². The first-order valence-corrected chi connectivity index (χ1v) is 7.61. The molecule has 0 saturated heterocycles. The Balaban J connectivity index is 2.63. The molecular weight excluding hydrogens is 319 g/mol. The number of primary amides is 1. The summed E-state index contributed by atoms with van der Waals surface area (Å²) in [7, 11) is 0. The molecule has 24 heavy (non-hydrogen) atoms. The van der Waals surface area contributed by atoms with Crippen LogP contribution in [0.3, 0.4) is 0 Å². The maximum atomic E-state index is 13.4. The van der Waals surface area contributed by atoms with Gasteiger partial charge < -0.3 is 5.73 Å². The Hall–Kier alpha value is -2.57. The van der Waals surface area contributed by atoms with E-state index in [4.69, 9.17) is 5.73 Å². The second kappa shape index (κ2) is 7.33. The number of carbonyl (C=O) groups is 1. The number of carbonyl (C=O) groups excluding carboxylic acids is 1. The maximum Gasteiger partial charge on any atom is 0.417 e. The number of aromatic nitrogens is 1. The van der Waals surface area contributed by atoms with Gasteiger partial charge in [0.2, 0.25) is 0 Å². The molecule has 0 saturated carbocycles. The van der Waals surface area contributed by atoms with E-state index >= 15 is 0 Å². The maximum absolute atomic E-state index is 13.4. The van der Waals surface area contributed by atoms with E-state index in [-0.39, 0.29) is 11.5 Å². The smallest absolute Gasteiger partial charge is 0.365 e. The number of hydrogen-bond acceptors (Lipinski definition) is 2. The third kappa shape index (κ3) is 4.04. The minimum atomic E-state index is -4.69. The minimum absolute atomic E-state index is 0.00960. The SMILES string of the molecule is CCCCNc1[nH+]c(-c2ccccc2)cc(C(F)(F)F)c1C(N)=O. The number of alkyl halides is 3. The summed E-state index contributed by atoms with van der Waals surface area (Å²) in [4.78, 5) is 14.5. The molecule has 128 valence electrons. The van der Waals surface area contributed by atoms with Crippen molar-refractivity contribution in [3.05, 3.63) is 47.5 Å². The number of hydrogen-bond donors (Lipinski definition) is 2. The molecule has 0 atom stereocenters.